The molecule has 5 heteroatoms. The van der Waals surface area contributed by atoms with Crippen molar-refractivity contribution in [3.8, 4) is 0 Å². The molecule has 1 heterocycles. The van der Waals surface area contributed by atoms with E-state index in [2.05, 4.69) is 4.74 Å². The van der Waals surface area contributed by atoms with Gasteiger partial charge in [-0.2, -0.15) is 11.8 Å². The monoisotopic (exact) mass is 286 g/mol. The summed E-state index contributed by atoms with van der Waals surface area (Å²) in [5.41, 5.74) is 1.57. The zero-order chi connectivity index (χ0) is 13.1. The van der Waals surface area contributed by atoms with Crippen LogP contribution in [0.15, 0.2) is 18.2 Å². The molecule has 1 aliphatic heterocycles. The fraction of sp³-hybridized carbons (Fsp3) is 0.462. The van der Waals surface area contributed by atoms with Crippen molar-refractivity contribution in [3.63, 3.8) is 0 Å². The summed E-state index contributed by atoms with van der Waals surface area (Å²) in [4.78, 5) is 11.2. The van der Waals surface area contributed by atoms with Crippen LogP contribution in [0.3, 0.4) is 0 Å². The molecule has 0 radical (unpaired) electrons. The Hall–Kier alpha value is -0.710. The van der Waals surface area contributed by atoms with Crippen molar-refractivity contribution in [3.05, 3.63) is 34.3 Å². The van der Waals surface area contributed by atoms with Gasteiger partial charge in [0.05, 0.1) is 7.11 Å². The fourth-order valence-electron chi connectivity index (χ4n) is 2.07. The topological polar surface area (TPSA) is 46.5 Å². The summed E-state index contributed by atoms with van der Waals surface area (Å²) in [5, 5.41) is 10.3. The van der Waals surface area contributed by atoms with Crippen LogP contribution in [0.4, 0.5) is 0 Å². The van der Waals surface area contributed by atoms with E-state index in [1.165, 1.54) is 7.11 Å². The molecule has 1 saturated heterocycles. The van der Waals surface area contributed by atoms with Crippen LogP contribution in [-0.2, 0) is 9.53 Å². The number of benzene rings is 1. The Bertz CT molecular complexity index is 444. The normalized spacial score (nSPS) is 20.7. The van der Waals surface area contributed by atoms with Crippen molar-refractivity contribution in [1.29, 1.82) is 0 Å². The Morgan fingerprint density at radius 1 is 1.61 bits per heavy atom. The van der Waals surface area contributed by atoms with Crippen molar-refractivity contribution >= 4 is 29.3 Å². The molecule has 0 aliphatic carbocycles. The van der Waals surface area contributed by atoms with E-state index >= 15 is 0 Å². The zero-order valence-corrected chi connectivity index (χ0v) is 11.6. The number of rotatable bonds is 3. The van der Waals surface area contributed by atoms with Gasteiger partial charge in [0.15, 0.2) is 6.10 Å². The number of ether oxygens (including phenoxy) is 1. The third-order valence-electron chi connectivity index (χ3n) is 3.13. The Morgan fingerprint density at radius 3 is 2.94 bits per heavy atom. The van der Waals surface area contributed by atoms with E-state index in [4.69, 9.17) is 11.6 Å². The zero-order valence-electron chi connectivity index (χ0n) is 10.1. The van der Waals surface area contributed by atoms with Gasteiger partial charge in [0.1, 0.15) is 0 Å². The van der Waals surface area contributed by atoms with Crippen LogP contribution in [0.25, 0.3) is 0 Å². The lowest BCUT2D eigenvalue weighted by Crippen LogP contribution is -2.13. The number of aliphatic hydroxyl groups excluding tert-OH is 1. The summed E-state index contributed by atoms with van der Waals surface area (Å²) in [6.45, 7) is 0. The van der Waals surface area contributed by atoms with Crippen molar-refractivity contribution in [1.82, 2.24) is 0 Å². The smallest absolute Gasteiger partial charge is 0.339 e. The molecule has 0 spiro atoms. The Balaban J connectivity index is 2.21. The van der Waals surface area contributed by atoms with Crippen LogP contribution in [0.1, 0.15) is 29.6 Å². The summed E-state index contributed by atoms with van der Waals surface area (Å²) in [6.07, 6.45) is -0.136. The van der Waals surface area contributed by atoms with Gasteiger partial charge in [-0.15, -0.1) is 0 Å². The standard InChI is InChI=1S/C13H15ClO3S/c1-17-13(16)12(15)8-2-3-10(11(14)6-8)9-4-5-18-7-9/h2-3,6,9,12,15H,4-5,7H2,1H3. The molecule has 0 saturated carbocycles. The summed E-state index contributed by atoms with van der Waals surface area (Å²) >= 11 is 8.15. The molecule has 1 aromatic carbocycles. The first-order valence-corrected chi connectivity index (χ1v) is 7.29. The van der Waals surface area contributed by atoms with E-state index in [0.717, 1.165) is 23.5 Å². The second kappa shape index (κ2) is 5.95. The van der Waals surface area contributed by atoms with Crippen molar-refractivity contribution in [2.45, 2.75) is 18.4 Å². The van der Waals surface area contributed by atoms with Crippen LogP contribution >= 0.6 is 23.4 Å². The molecule has 0 bridgehead atoms. The maximum absolute atomic E-state index is 11.2. The molecular formula is C13H15ClO3S. The van der Waals surface area contributed by atoms with Crippen molar-refractivity contribution in [2.24, 2.45) is 0 Å². The number of hydrogen-bond donors (Lipinski definition) is 1. The number of esters is 1. The van der Waals surface area contributed by atoms with Gasteiger partial charge < -0.3 is 9.84 Å². The van der Waals surface area contributed by atoms with Gasteiger partial charge in [-0.25, -0.2) is 4.79 Å². The molecule has 0 aromatic heterocycles. The first kappa shape index (κ1) is 13.7. The molecule has 1 N–H and O–H groups in total. The van der Waals surface area contributed by atoms with E-state index in [1.54, 1.807) is 12.1 Å². The lowest BCUT2D eigenvalue weighted by Gasteiger charge is -2.14. The number of aliphatic hydroxyl groups is 1. The minimum atomic E-state index is -1.26. The Kier molecular flexibility index (Phi) is 4.54. The highest BCUT2D eigenvalue weighted by atomic mass is 35.5. The van der Waals surface area contributed by atoms with Crippen molar-refractivity contribution < 1.29 is 14.6 Å². The van der Waals surface area contributed by atoms with Gasteiger partial charge in [-0.1, -0.05) is 23.7 Å². The van der Waals surface area contributed by atoms with E-state index in [1.807, 2.05) is 17.8 Å². The fourth-order valence-corrected chi connectivity index (χ4v) is 3.66. The lowest BCUT2D eigenvalue weighted by molar-refractivity contribution is -0.150. The number of carbonyl (C=O) groups excluding carboxylic acids is 1. The molecule has 98 valence electrons. The highest BCUT2D eigenvalue weighted by Gasteiger charge is 2.23. The van der Waals surface area contributed by atoms with E-state index in [0.29, 0.717) is 16.5 Å². The molecule has 0 amide bonds. The predicted octanol–water partition coefficient (Wildman–Crippen LogP) is 2.77. The maximum Gasteiger partial charge on any atom is 0.339 e. The molecule has 2 atom stereocenters. The third-order valence-corrected chi connectivity index (χ3v) is 4.62. The van der Waals surface area contributed by atoms with Gasteiger partial charge in [-0.3, -0.25) is 0 Å². The Morgan fingerprint density at radius 2 is 2.39 bits per heavy atom. The SMILES string of the molecule is COC(=O)C(O)c1ccc(C2CCSC2)c(Cl)c1. The van der Waals surface area contributed by atoms with Crippen molar-refractivity contribution in [2.75, 3.05) is 18.6 Å². The first-order chi connectivity index (χ1) is 8.63. The summed E-state index contributed by atoms with van der Waals surface area (Å²) in [6, 6.07) is 5.30. The summed E-state index contributed by atoms with van der Waals surface area (Å²) in [7, 11) is 1.25. The average molecular weight is 287 g/mol. The molecule has 1 aromatic rings. The largest absolute Gasteiger partial charge is 0.467 e. The van der Waals surface area contributed by atoms with Gasteiger partial charge in [0.2, 0.25) is 0 Å². The number of methoxy groups -OCH3 is 1. The molecule has 2 unspecified atom stereocenters. The van der Waals surface area contributed by atoms with Gasteiger partial charge >= 0.3 is 5.97 Å². The molecule has 3 nitrogen and oxygen atoms in total. The molecule has 1 aliphatic rings. The third kappa shape index (κ3) is 2.82. The lowest BCUT2D eigenvalue weighted by atomic mass is 9.96. The van der Waals surface area contributed by atoms with Gasteiger partial charge in [0.25, 0.3) is 0 Å². The molecule has 2 rings (SSSR count). The summed E-state index contributed by atoms with van der Waals surface area (Å²) in [5.74, 6) is 2.05. The van der Waals surface area contributed by atoms with Crippen LogP contribution in [-0.4, -0.2) is 29.7 Å². The highest BCUT2D eigenvalue weighted by molar-refractivity contribution is 7.99. The number of thioether (sulfide) groups is 1. The van der Waals surface area contributed by atoms with Gasteiger partial charge in [0, 0.05) is 10.8 Å². The summed E-state index contributed by atoms with van der Waals surface area (Å²) < 4.78 is 4.50. The minimum Gasteiger partial charge on any atom is -0.467 e. The molecular weight excluding hydrogens is 272 g/mol. The second-order valence-corrected chi connectivity index (χ2v) is 5.82. The van der Waals surface area contributed by atoms with E-state index in [9.17, 15) is 9.90 Å². The number of hydrogen-bond acceptors (Lipinski definition) is 4. The van der Waals surface area contributed by atoms with Crippen LogP contribution in [0, 0.1) is 0 Å². The quantitative estimate of drug-likeness (QED) is 0.868. The van der Waals surface area contributed by atoms with Crippen LogP contribution < -0.4 is 0 Å². The average Bonchev–Trinajstić information content (AvgIpc) is 2.90. The maximum atomic E-state index is 11.2. The number of carbonyl (C=O) groups is 1. The van der Waals surface area contributed by atoms with Crippen LogP contribution in [0.5, 0.6) is 0 Å². The minimum absolute atomic E-state index is 0.473. The molecule has 1 fully saturated rings. The second-order valence-electron chi connectivity index (χ2n) is 4.27. The van der Waals surface area contributed by atoms with E-state index in [-0.39, 0.29) is 0 Å². The molecule has 18 heavy (non-hydrogen) atoms. The van der Waals surface area contributed by atoms with Gasteiger partial charge in [-0.05, 0) is 35.3 Å². The van der Waals surface area contributed by atoms with Crippen LogP contribution in [0.2, 0.25) is 5.02 Å². The predicted molar refractivity (Wildman–Crippen MR) is 73.1 cm³/mol. The van der Waals surface area contributed by atoms with E-state index < -0.39 is 12.1 Å². The highest BCUT2D eigenvalue weighted by Crippen LogP contribution is 2.36. The number of halogens is 1. The Labute approximate surface area is 115 Å². The first-order valence-electron chi connectivity index (χ1n) is 5.76.